The minimum absolute atomic E-state index is 0.0735. The zero-order valence-electron chi connectivity index (χ0n) is 19.6. The van der Waals surface area contributed by atoms with E-state index in [9.17, 15) is 18.0 Å². The van der Waals surface area contributed by atoms with Crippen LogP contribution in [0.4, 0.5) is 0 Å². The summed E-state index contributed by atoms with van der Waals surface area (Å²) < 4.78 is 40.1. The predicted octanol–water partition coefficient (Wildman–Crippen LogP) is 3.72. The zero-order valence-corrected chi connectivity index (χ0v) is 22.7. The van der Waals surface area contributed by atoms with Gasteiger partial charge in [0.15, 0.2) is 4.80 Å². The van der Waals surface area contributed by atoms with Crippen LogP contribution in [0, 0.1) is 0 Å². The van der Waals surface area contributed by atoms with Crippen LogP contribution in [0.5, 0.6) is 0 Å². The van der Waals surface area contributed by atoms with E-state index in [-0.39, 0.29) is 47.1 Å². The Labute approximate surface area is 221 Å². The van der Waals surface area contributed by atoms with E-state index in [1.165, 1.54) is 46.3 Å². The van der Waals surface area contributed by atoms with Gasteiger partial charge in [-0.1, -0.05) is 34.5 Å². The quantitative estimate of drug-likeness (QED) is 0.432. The van der Waals surface area contributed by atoms with Gasteiger partial charge in [-0.05, 0) is 50.2 Å². The van der Waals surface area contributed by atoms with E-state index >= 15 is 0 Å². The molecule has 192 valence electrons. The van der Waals surface area contributed by atoms with Crippen molar-refractivity contribution in [2.75, 3.05) is 20.2 Å². The lowest BCUT2D eigenvalue weighted by Crippen LogP contribution is -2.48. The standard InChI is InChI=1S/C23H23Cl2N3O6S2/c1-13-10-27(11-14(2)34-13)36(31,32)17-6-4-15(5-7-17)22(30)26-23-28(12-20(29)33-3)21-18(25)8-16(24)9-19(21)35-23/h4-9,13-14H,10-12H2,1-3H3. The largest absolute Gasteiger partial charge is 0.468 e. The molecule has 2 atom stereocenters. The molecular weight excluding hydrogens is 549 g/mol. The average molecular weight is 572 g/mol. The molecule has 1 aromatic heterocycles. The molecule has 2 unspecified atom stereocenters. The Morgan fingerprint density at radius 2 is 1.78 bits per heavy atom. The van der Waals surface area contributed by atoms with E-state index in [2.05, 4.69) is 4.99 Å². The van der Waals surface area contributed by atoms with Gasteiger partial charge in [-0.2, -0.15) is 9.30 Å². The number of halogens is 2. The number of sulfonamides is 1. The molecule has 1 aliphatic heterocycles. The topological polar surface area (TPSA) is 107 Å². The molecule has 0 N–H and O–H groups in total. The lowest BCUT2D eigenvalue weighted by atomic mass is 10.2. The molecule has 1 saturated heterocycles. The normalized spacial score (nSPS) is 19.5. The Morgan fingerprint density at radius 1 is 1.14 bits per heavy atom. The maximum Gasteiger partial charge on any atom is 0.325 e. The minimum atomic E-state index is -3.75. The number of carbonyl (C=O) groups excluding carboxylic acids is 2. The highest BCUT2D eigenvalue weighted by atomic mass is 35.5. The Balaban J connectivity index is 1.68. The van der Waals surface area contributed by atoms with Crippen molar-refractivity contribution in [2.45, 2.75) is 37.5 Å². The number of aromatic nitrogens is 1. The molecule has 1 fully saturated rings. The Hall–Kier alpha value is -2.28. The number of benzene rings is 2. The number of rotatable bonds is 5. The van der Waals surface area contributed by atoms with Crippen LogP contribution in [-0.2, 0) is 30.8 Å². The summed E-state index contributed by atoms with van der Waals surface area (Å²) in [5.41, 5.74) is 0.683. The zero-order chi connectivity index (χ0) is 26.2. The first-order chi connectivity index (χ1) is 17.0. The average Bonchev–Trinajstić information content (AvgIpc) is 3.14. The molecule has 13 heteroatoms. The lowest BCUT2D eigenvalue weighted by Gasteiger charge is -2.34. The molecule has 2 heterocycles. The van der Waals surface area contributed by atoms with Gasteiger partial charge in [0.05, 0.1) is 39.5 Å². The first-order valence-electron chi connectivity index (χ1n) is 10.9. The predicted molar refractivity (Wildman–Crippen MR) is 137 cm³/mol. The summed E-state index contributed by atoms with van der Waals surface area (Å²) in [6, 6.07) is 8.78. The third-order valence-corrected chi connectivity index (χ3v) is 8.91. The smallest absolute Gasteiger partial charge is 0.325 e. The number of hydrogen-bond donors (Lipinski definition) is 0. The highest BCUT2D eigenvalue weighted by Gasteiger charge is 2.32. The summed E-state index contributed by atoms with van der Waals surface area (Å²) in [6.45, 7) is 3.94. The number of hydrogen-bond acceptors (Lipinski definition) is 7. The summed E-state index contributed by atoms with van der Waals surface area (Å²) in [5, 5.41) is 0.700. The summed E-state index contributed by atoms with van der Waals surface area (Å²) in [6.07, 6.45) is -0.436. The van der Waals surface area contributed by atoms with Gasteiger partial charge in [0.2, 0.25) is 10.0 Å². The number of nitrogens with zero attached hydrogens (tertiary/aromatic N) is 3. The highest BCUT2D eigenvalue weighted by Crippen LogP contribution is 2.30. The summed E-state index contributed by atoms with van der Waals surface area (Å²) in [5.74, 6) is -1.16. The van der Waals surface area contributed by atoms with Crippen LogP contribution in [0.3, 0.4) is 0 Å². The van der Waals surface area contributed by atoms with Gasteiger partial charge < -0.3 is 14.0 Å². The highest BCUT2D eigenvalue weighted by molar-refractivity contribution is 7.89. The van der Waals surface area contributed by atoms with E-state index in [1.54, 1.807) is 6.07 Å². The molecule has 9 nitrogen and oxygen atoms in total. The first kappa shape index (κ1) is 26.8. The molecule has 0 bridgehead atoms. The molecular formula is C23H23Cl2N3O6S2. The molecule has 0 radical (unpaired) electrons. The van der Waals surface area contributed by atoms with Crippen LogP contribution < -0.4 is 4.80 Å². The fraction of sp³-hybridized carbons (Fsp3) is 0.348. The van der Waals surface area contributed by atoms with Crippen molar-refractivity contribution in [2.24, 2.45) is 4.99 Å². The maximum atomic E-state index is 13.1. The van der Waals surface area contributed by atoms with Crippen molar-refractivity contribution >= 4 is 66.7 Å². The number of thiazole rings is 1. The maximum absolute atomic E-state index is 13.1. The van der Waals surface area contributed by atoms with Gasteiger partial charge in [0, 0.05) is 23.7 Å². The van der Waals surface area contributed by atoms with Crippen LogP contribution >= 0.6 is 34.5 Å². The molecule has 4 rings (SSSR count). The molecule has 1 amide bonds. The van der Waals surface area contributed by atoms with E-state index in [0.29, 0.717) is 20.3 Å². The second-order valence-corrected chi connectivity index (χ2v) is 12.1. The van der Waals surface area contributed by atoms with E-state index in [0.717, 1.165) is 11.3 Å². The van der Waals surface area contributed by atoms with Gasteiger partial charge in [-0.15, -0.1) is 0 Å². The molecule has 0 aliphatic carbocycles. The van der Waals surface area contributed by atoms with E-state index in [4.69, 9.17) is 32.7 Å². The van der Waals surface area contributed by atoms with E-state index in [1.807, 2.05) is 13.8 Å². The molecule has 3 aromatic rings. The molecule has 0 spiro atoms. The number of carbonyl (C=O) groups is 2. The number of fused-ring (bicyclic) bond motifs is 1. The molecule has 36 heavy (non-hydrogen) atoms. The van der Waals surface area contributed by atoms with Crippen molar-refractivity contribution in [3.05, 3.63) is 56.8 Å². The fourth-order valence-electron chi connectivity index (χ4n) is 3.95. The SMILES string of the molecule is COC(=O)Cn1c(=NC(=O)c2ccc(S(=O)(=O)N3CC(C)OC(C)C3)cc2)sc2cc(Cl)cc(Cl)c21. The van der Waals surface area contributed by atoms with Gasteiger partial charge in [-0.25, -0.2) is 8.42 Å². The van der Waals surface area contributed by atoms with Crippen molar-refractivity contribution in [1.82, 2.24) is 8.87 Å². The fourth-order valence-corrected chi connectivity index (χ4v) is 7.35. The van der Waals surface area contributed by atoms with Crippen LogP contribution in [0.25, 0.3) is 10.2 Å². The lowest BCUT2D eigenvalue weighted by molar-refractivity contribution is -0.141. The van der Waals surface area contributed by atoms with Crippen molar-refractivity contribution in [3.8, 4) is 0 Å². The summed E-state index contributed by atoms with van der Waals surface area (Å²) >= 11 is 13.6. The molecule has 0 saturated carbocycles. The van der Waals surface area contributed by atoms with Gasteiger partial charge in [-0.3, -0.25) is 9.59 Å². The number of esters is 1. The van der Waals surface area contributed by atoms with Crippen molar-refractivity contribution in [1.29, 1.82) is 0 Å². The molecule has 1 aliphatic rings. The van der Waals surface area contributed by atoms with Crippen LogP contribution in [0.15, 0.2) is 46.3 Å². The summed E-state index contributed by atoms with van der Waals surface area (Å²) in [7, 11) is -2.49. The summed E-state index contributed by atoms with van der Waals surface area (Å²) in [4.78, 5) is 29.5. The Bertz CT molecular complexity index is 1490. The van der Waals surface area contributed by atoms with E-state index < -0.39 is 21.9 Å². The Kier molecular flexibility index (Phi) is 7.89. The van der Waals surface area contributed by atoms with Crippen molar-refractivity contribution in [3.63, 3.8) is 0 Å². The molecule has 2 aromatic carbocycles. The monoisotopic (exact) mass is 571 g/mol. The Morgan fingerprint density at radius 3 is 2.39 bits per heavy atom. The second kappa shape index (κ2) is 10.6. The first-order valence-corrected chi connectivity index (χ1v) is 13.9. The number of morpholine rings is 1. The van der Waals surface area contributed by atoms with Crippen LogP contribution in [-0.4, -0.2) is 61.6 Å². The minimum Gasteiger partial charge on any atom is -0.468 e. The number of ether oxygens (including phenoxy) is 2. The number of amides is 1. The van der Waals surface area contributed by atoms with Crippen LogP contribution in [0.2, 0.25) is 10.0 Å². The second-order valence-electron chi connectivity index (χ2n) is 8.30. The van der Waals surface area contributed by atoms with Crippen LogP contribution in [0.1, 0.15) is 24.2 Å². The van der Waals surface area contributed by atoms with Gasteiger partial charge in [0.1, 0.15) is 6.54 Å². The van der Waals surface area contributed by atoms with Gasteiger partial charge >= 0.3 is 5.97 Å². The van der Waals surface area contributed by atoms with Crippen molar-refractivity contribution < 1.29 is 27.5 Å². The van der Waals surface area contributed by atoms with Gasteiger partial charge in [0.25, 0.3) is 5.91 Å². The number of methoxy groups -OCH3 is 1. The third kappa shape index (κ3) is 5.51. The third-order valence-electron chi connectivity index (χ3n) is 5.53.